The Morgan fingerprint density at radius 3 is 3.12 bits per heavy atom. The van der Waals surface area contributed by atoms with Crippen molar-refractivity contribution in [2.24, 2.45) is 7.05 Å². The molecule has 1 unspecified atom stereocenters. The van der Waals surface area contributed by atoms with Gasteiger partial charge >= 0.3 is 0 Å². The summed E-state index contributed by atoms with van der Waals surface area (Å²) in [5.41, 5.74) is 1.67. The lowest BCUT2D eigenvalue weighted by Crippen LogP contribution is -2.27. The van der Waals surface area contributed by atoms with Crippen molar-refractivity contribution in [3.8, 4) is 0 Å². The fourth-order valence-corrected chi connectivity index (χ4v) is 2.08. The third kappa shape index (κ3) is 2.61. The van der Waals surface area contributed by atoms with E-state index >= 15 is 0 Å². The number of amides is 1. The minimum absolute atomic E-state index is 0.0653. The predicted octanol–water partition coefficient (Wildman–Crippen LogP) is 0.809. The van der Waals surface area contributed by atoms with E-state index < -0.39 is 0 Å². The SMILES string of the molecule is Cc1nn(C)cc1NC(=O)CC1CCCN1. The van der Waals surface area contributed by atoms with E-state index in [9.17, 15) is 4.79 Å². The quantitative estimate of drug-likeness (QED) is 0.795. The maximum atomic E-state index is 11.7. The summed E-state index contributed by atoms with van der Waals surface area (Å²) >= 11 is 0. The number of nitrogens with zero attached hydrogens (tertiary/aromatic N) is 2. The minimum atomic E-state index is 0.0653. The Labute approximate surface area is 95.2 Å². The van der Waals surface area contributed by atoms with Crippen LogP contribution in [-0.4, -0.2) is 28.3 Å². The molecule has 2 heterocycles. The van der Waals surface area contributed by atoms with Gasteiger partial charge in [-0.2, -0.15) is 5.10 Å². The van der Waals surface area contributed by atoms with Gasteiger partial charge in [0.1, 0.15) is 0 Å². The Balaban J connectivity index is 1.89. The summed E-state index contributed by atoms with van der Waals surface area (Å²) in [6, 6.07) is 0.344. The number of hydrogen-bond donors (Lipinski definition) is 2. The van der Waals surface area contributed by atoms with Crippen molar-refractivity contribution < 1.29 is 4.79 Å². The van der Waals surface area contributed by atoms with Crippen LogP contribution < -0.4 is 10.6 Å². The van der Waals surface area contributed by atoms with E-state index in [1.165, 1.54) is 6.42 Å². The lowest BCUT2D eigenvalue weighted by Gasteiger charge is -2.09. The van der Waals surface area contributed by atoms with E-state index in [1.807, 2.05) is 20.2 Å². The van der Waals surface area contributed by atoms with Crippen LogP contribution in [0.15, 0.2) is 6.20 Å². The smallest absolute Gasteiger partial charge is 0.226 e. The van der Waals surface area contributed by atoms with Gasteiger partial charge in [0.05, 0.1) is 11.4 Å². The third-order valence-corrected chi connectivity index (χ3v) is 2.88. The Morgan fingerprint density at radius 1 is 1.75 bits per heavy atom. The summed E-state index contributed by atoms with van der Waals surface area (Å²) in [7, 11) is 1.85. The highest BCUT2D eigenvalue weighted by Gasteiger charge is 2.18. The standard InChI is InChI=1S/C11H18N4O/c1-8-10(7-15(2)14-8)13-11(16)6-9-4-3-5-12-9/h7,9,12H,3-6H2,1-2H3,(H,13,16). The topological polar surface area (TPSA) is 59.0 Å². The third-order valence-electron chi connectivity index (χ3n) is 2.88. The molecule has 5 nitrogen and oxygen atoms in total. The van der Waals surface area contributed by atoms with Gasteiger partial charge in [0.25, 0.3) is 0 Å². The maximum Gasteiger partial charge on any atom is 0.226 e. The summed E-state index contributed by atoms with van der Waals surface area (Å²) in [4.78, 5) is 11.7. The molecule has 0 radical (unpaired) electrons. The van der Waals surface area contributed by atoms with Gasteiger partial charge in [-0.05, 0) is 26.3 Å². The van der Waals surface area contributed by atoms with Crippen LogP contribution in [0.25, 0.3) is 0 Å². The molecule has 1 aliphatic heterocycles. The van der Waals surface area contributed by atoms with Gasteiger partial charge in [0.15, 0.2) is 0 Å². The first kappa shape index (κ1) is 11.1. The highest BCUT2D eigenvalue weighted by atomic mass is 16.1. The van der Waals surface area contributed by atoms with Crippen LogP contribution in [0.4, 0.5) is 5.69 Å². The molecule has 1 aromatic heterocycles. The van der Waals surface area contributed by atoms with Gasteiger partial charge in [0.2, 0.25) is 5.91 Å². The summed E-state index contributed by atoms with van der Waals surface area (Å²) in [5, 5.41) is 10.4. The number of nitrogens with one attached hydrogen (secondary N) is 2. The second-order valence-corrected chi connectivity index (χ2v) is 4.35. The first-order valence-electron chi connectivity index (χ1n) is 5.68. The molecule has 2 rings (SSSR count). The van der Waals surface area contributed by atoms with Gasteiger partial charge in [-0.15, -0.1) is 0 Å². The number of carbonyl (C=O) groups excluding carboxylic acids is 1. The first-order chi connectivity index (χ1) is 7.65. The highest BCUT2D eigenvalue weighted by molar-refractivity contribution is 5.91. The number of aromatic nitrogens is 2. The lowest BCUT2D eigenvalue weighted by molar-refractivity contribution is -0.116. The average molecular weight is 222 g/mol. The van der Waals surface area contributed by atoms with Crippen LogP contribution in [0.5, 0.6) is 0 Å². The number of aryl methyl sites for hydroxylation is 2. The van der Waals surface area contributed by atoms with Crippen molar-refractivity contribution >= 4 is 11.6 Å². The number of hydrogen-bond acceptors (Lipinski definition) is 3. The Bertz CT molecular complexity index is 379. The molecule has 88 valence electrons. The predicted molar refractivity (Wildman–Crippen MR) is 62.2 cm³/mol. The molecule has 0 aliphatic carbocycles. The van der Waals surface area contributed by atoms with Gasteiger partial charge in [-0.1, -0.05) is 0 Å². The summed E-state index contributed by atoms with van der Waals surface area (Å²) in [6.45, 7) is 2.92. The van der Waals surface area contributed by atoms with E-state index in [1.54, 1.807) is 4.68 Å². The summed E-state index contributed by atoms with van der Waals surface area (Å²) < 4.78 is 1.71. The van der Waals surface area contributed by atoms with Crippen LogP contribution in [0.2, 0.25) is 0 Å². The molecule has 0 spiro atoms. The van der Waals surface area contributed by atoms with Crippen molar-refractivity contribution in [2.75, 3.05) is 11.9 Å². The van der Waals surface area contributed by atoms with Crippen LogP contribution in [0, 0.1) is 6.92 Å². The van der Waals surface area contributed by atoms with Gasteiger partial charge in [0, 0.05) is 25.7 Å². The van der Waals surface area contributed by atoms with Crippen LogP contribution in [-0.2, 0) is 11.8 Å². The van der Waals surface area contributed by atoms with E-state index in [2.05, 4.69) is 15.7 Å². The molecule has 2 N–H and O–H groups in total. The molecule has 1 aliphatic rings. The zero-order valence-electron chi connectivity index (χ0n) is 9.79. The summed E-state index contributed by atoms with van der Waals surface area (Å²) in [6.07, 6.45) is 4.65. The number of rotatable bonds is 3. The van der Waals surface area contributed by atoms with E-state index in [0.29, 0.717) is 12.5 Å². The van der Waals surface area contributed by atoms with Gasteiger partial charge in [-0.25, -0.2) is 0 Å². The molecular weight excluding hydrogens is 204 g/mol. The summed E-state index contributed by atoms with van der Waals surface area (Å²) in [5.74, 6) is 0.0653. The van der Waals surface area contributed by atoms with Crippen LogP contribution in [0.3, 0.4) is 0 Å². The number of carbonyl (C=O) groups is 1. The molecule has 1 amide bonds. The maximum absolute atomic E-state index is 11.7. The molecule has 0 saturated carbocycles. The molecule has 5 heteroatoms. The second-order valence-electron chi connectivity index (χ2n) is 4.35. The van der Waals surface area contributed by atoms with E-state index in [0.717, 1.165) is 24.3 Å². The minimum Gasteiger partial charge on any atom is -0.323 e. The first-order valence-corrected chi connectivity index (χ1v) is 5.68. The fourth-order valence-electron chi connectivity index (χ4n) is 2.08. The highest BCUT2D eigenvalue weighted by Crippen LogP contribution is 2.14. The molecule has 0 aromatic carbocycles. The zero-order valence-corrected chi connectivity index (χ0v) is 9.79. The van der Waals surface area contributed by atoms with Gasteiger partial charge in [-0.3, -0.25) is 9.48 Å². The lowest BCUT2D eigenvalue weighted by atomic mass is 10.1. The Kier molecular flexibility index (Phi) is 3.24. The van der Waals surface area contributed by atoms with Crippen molar-refractivity contribution in [1.29, 1.82) is 0 Å². The monoisotopic (exact) mass is 222 g/mol. The average Bonchev–Trinajstić information content (AvgIpc) is 2.78. The molecule has 1 atom stereocenters. The second kappa shape index (κ2) is 4.65. The zero-order chi connectivity index (χ0) is 11.5. The molecule has 0 bridgehead atoms. The molecule has 1 saturated heterocycles. The number of anilines is 1. The van der Waals surface area contributed by atoms with Crippen LogP contribution >= 0.6 is 0 Å². The van der Waals surface area contributed by atoms with Crippen molar-refractivity contribution in [3.05, 3.63) is 11.9 Å². The normalized spacial score (nSPS) is 20.0. The molecule has 1 aromatic rings. The van der Waals surface area contributed by atoms with Crippen molar-refractivity contribution in [3.63, 3.8) is 0 Å². The molecular formula is C11H18N4O. The molecule has 1 fully saturated rings. The fraction of sp³-hybridized carbons (Fsp3) is 0.636. The van der Waals surface area contributed by atoms with E-state index in [4.69, 9.17) is 0 Å². The van der Waals surface area contributed by atoms with Crippen molar-refractivity contribution in [1.82, 2.24) is 15.1 Å². The van der Waals surface area contributed by atoms with Gasteiger partial charge < -0.3 is 10.6 Å². The molecule has 16 heavy (non-hydrogen) atoms. The van der Waals surface area contributed by atoms with E-state index in [-0.39, 0.29) is 5.91 Å². The largest absolute Gasteiger partial charge is 0.323 e. The Morgan fingerprint density at radius 2 is 2.56 bits per heavy atom. The van der Waals surface area contributed by atoms with Crippen molar-refractivity contribution in [2.45, 2.75) is 32.2 Å². The Hall–Kier alpha value is -1.36. The van der Waals surface area contributed by atoms with Crippen LogP contribution in [0.1, 0.15) is 25.0 Å².